The first-order valence-electron chi connectivity index (χ1n) is 12.7. The van der Waals surface area contributed by atoms with Crippen molar-refractivity contribution in [2.24, 2.45) is 5.92 Å². The van der Waals surface area contributed by atoms with Gasteiger partial charge in [0.2, 0.25) is 5.91 Å². The molecular weight excluding hydrogens is 448 g/mol. The van der Waals surface area contributed by atoms with Crippen molar-refractivity contribution >= 4 is 5.91 Å². The van der Waals surface area contributed by atoms with Gasteiger partial charge in [0.25, 0.3) is 0 Å². The number of pyridine rings is 1. The summed E-state index contributed by atoms with van der Waals surface area (Å²) in [5.74, 6) is 1.94. The molecule has 0 bridgehead atoms. The van der Waals surface area contributed by atoms with Crippen LogP contribution in [0.4, 0.5) is 0 Å². The summed E-state index contributed by atoms with van der Waals surface area (Å²) in [4.78, 5) is 27.1. The lowest BCUT2D eigenvalue weighted by atomic mass is 9.94. The van der Waals surface area contributed by atoms with E-state index in [-0.39, 0.29) is 23.6 Å². The zero-order valence-corrected chi connectivity index (χ0v) is 20.2. The highest BCUT2D eigenvalue weighted by Crippen LogP contribution is 2.37. The molecule has 8 heteroatoms. The van der Waals surface area contributed by atoms with Gasteiger partial charge in [0.1, 0.15) is 24.6 Å². The lowest BCUT2D eigenvalue weighted by Gasteiger charge is -2.28. The van der Waals surface area contributed by atoms with Crippen molar-refractivity contribution in [1.29, 1.82) is 0 Å². The maximum atomic E-state index is 12.8. The maximum Gasteiger partial charge on any atom is 0.225 e. The average Bonchev–Trinajstić information content (AvgIpc) is 3.63. The number of ether oxygens (including phenoxy) is 4. The molecule has 35 heavy (non-hydrogen) atoms. The summed E-state index contributed by atoms with van der Waals surface area (Å²) in [5.41, 5.74) is 3.79. The highest BCUT2D eigenvalue weighted by atomic mass is 16.6. The molecular formula is C27H32N2O6. The zero-order valence-electron chi connectivity index (χ0n) is 20.2. The molecule has 1 aromatic heterocycles. The third kappa shape index (κ3) is 4.57. The number of rotatable bonds is 6. The molecule has 2 aromatic rings. The van der Waals surface area contributed by atoms with Crippen LogP contribution in [-0.4, -0.2) is 67.1 Å². The summed E-state index contributed by atoms with van der Waals surface area (Å²) in [6.45, 7) is 6.06. The van der Waals surface area contributed by atoms with Gasteiger partial charge in [0, 0.05) is 42.6 Å². The van der Waals surface area contributed by atoms with E-state index in [0.717, 1.165) is 61.3 Å². The van der Waals surface area contributed by atoms with E-state index in [1.807, 2.05) is 24.0 Å². The van der Waals surface area contributed by atoms with Crippen molar-refractivity contribution in [3.05, 3.63) is 45.6 Å². The summed E-state index contributed by atoms with van der Waals surface area (Å²) in [5, 5.41) is 0. The van der Waals surface area contributed by atoms with Crippen LogP contribution in [0.25, 0.3) is 11.3 Å². The summed E-state index contributed by atoms with van der Waals surface area (Å²) in [6.07, 6.45) is 3.65. The molecule has 0 N–H and O–H groups in total. The molecule has 1 aliphatic carbocycles. The van der Waals surface area contributed by atoms with Crippen molar-refractivity contribution in [2.75, 3.05) is 39.5 Å². The average molecular weight is 481 g/mol. The number of hydrogen-bond donors (Lipinski definition) is 0. The molecule has 186 valence electrons. The number of nitrogens with zero attached hydrogens (tertiary/aromatic N) is 2. The fraction of sp³-hybridized carbons (Fsp3) is 0.556. The first-order chi connectivity index (χ1) is 17.1. The topological polar surface area (TPSA) is 79.2 Å². The molecule has 1 unspecified atom stereocenters. The van der Waals surface area contributed by atoms with Crippen molar-refractivity contribution < 1.29 is 23.7 Å². The molecule has 0 radical (unpaired) electrons. The standard InChI is InChI=1S/C27H32N2O6/c1-17-24(30)13-25(34-16-22-15-32-10-11-33-22)29-9-6-19-12-20(4-5-23(19)26(17)29)35-21-7-8-28(14-21)27(31)18-2-3-18/h4-5,12-13,18,21-22H,2-3,6-11,14-16H2,1H3/t21?,22-/m0/s1. The van der Waals surface area contributed by atoms with E-state index in [1.54, 1.807) is 6.07 Å². The lowest BCUT2D eigenvalue weighted by Crippen LogP contribution is -2.34. The third-order valence-electron chi connectivity index (χ3n) is 7.44. The Balaban J connectivity index is 1.20. The molecule has 2 atom stereocenters. The van der Waals surface area contributed by atoms with Gasteiger partial charge in [-0.25, -0.2) is 0 Å². The van der Waals surface area contributed by atoms with Crippen LogP contribution in [0.3, 0.4) is 0 Å². The first-order valence-corrected chi connectivity index (χ1v) is 12.7. The van der Waals surface area contributed by atoms with Gasteiger partial charge in [-0.3, -0.25) is 9.59 Å². The number of benzene rings is 1. The van der Waals surface area contributed by atoms with Gasteiger partial charge in [-0.1, -0.05) is 0 Å². The number of carbonyl (C=O) groups is 1. The summed E-state index contributed by atoms with van der Waals surface area (Å²) in [6, 6.07) is 7.70. The predicted octanol–water partition coefficient (Wildman–Crippen LogP) is 2.56. The van der Waals surface area contributed by atoms with E-state index >= 15 is 0 Å². The Morgan fingerprint density at radius 1 is 1.14 bits per heavy atom. The van der Waals surface area contributed by atoms with Crippen LogP contribution < -0.4 is 14.9 Å². The van der Waals surface area contributed by atoms with E-state index in [2.05, 4.69) is 10.6 Å². The van der Waals surface area contributed by atoms with Gasteiger partial charge in [-0.05, 0) is 49.9 Å². The molecule has 0 spiro atoms. The van der Waals surface area contributed by atoms with Crippen LogP contribution in [0.5, 0.6) is 11.6 Å². The Hall–Kier alpha value is -2.84. The number of aryl methyl sites for hydroxylation is 1. The van der Waals surface area contributed by atoms with Gasteiger partial charge in [-0.2, -0.15) is 0 Å². The molecule has 1 aromatic carbocycles. The number of amides is 1. The van der Waals surface area contributed by atoms with Crippen molar-refractivity contribution in [1.82, 2.24) is 9.47 Å². The normalized spacial score (nSPS) is 23.5. The molecule has 1 saturated carbocycles. The van der Waals surface area contributed by atoms with E-state index in [9.17, 15) is 9.59 Å². The van der Waals surface area contributed by atoms with Crippen molar-refractivity contribution in [3.8, 4) is 22.9 Å². The maximum absolute atomic E-state index is 12.8. The minimum atomic E-state index is -0.127. The van der Waals surface area contributed by atoms with Gasteiger partial charge >= 0.3 is 0 Å². The Kier molecular flexibility index (Phi) is 6.02. The largest absolute Gasteiger partial charge is 0.489 e. The molecule has 4 aliphatic rings. The molecule has 8 nitrogen and oxygen atoms in total. The number of hydrogen-bond acceptors (Lipinski definition) is 6. The summed E-state index contributed by atoms with van der Waals surface area (Å²) >= 11 is 0. The third-order valence-corrected chi connectivity index (χ3v) is 7.44. The monoisotopic (exact) mass is 480 g/mol. The van der Waals surface area contributed by atoms with Crippen LogP contribution in [0.1, 0.15) is 30.4 Å². The Bertz CT molecular complexity index is 1180. The lowest BCUT2D eigenvalue weighted by molar-refractivity contribution is -0.131. The number of likely N-dealkylation sites (tertiary alicyclic amines) is 1. The minimum absolute atomic E-state index is 0.0296. The minimum Gasteiger partial charge on any atom is -0.489 e. The number of carbonyl (C=O) groups excluding carboxylic acids is 1. The second kappa shape index (κ2) is 9.32. The van der Waals surface area contributed by atoms with Crippen molar-refractivity contribution in [3.63, 3.8) is 0 Å². The highest BCUT2D eigenvalue weighted by molar-refractivity contribution is 5.81. The van der Waals surface area contributed by atoms with Crippen LogP contribution in [0, 0.1) is 12.8 Å². The molecule has 2 saturated heterocycles. The molecule has 6 rings (SSSR count). The van der Waals surface area contributed by atoms with Crippen molar-refractivity contribution in [2.45, 2.75) is 51.4 Å². The van der Waals surface area contributed by atoms with Crippen LogP contribution in [0.15, 0.2) is 29.1 Å². The molecule has 3 aliphatic heterocycles. The quantitative estimate of drug-likeness (QED) is 0.632. The number of aromatic nitrogens is 1. The first kappa shape index (κ1) is 22.6. The van der Waals surface area contributed by atoms with E-state index < -0.39 is 0 Å². The zero-order chi connectivity index (χ0) is 23.9. The smallest absolute Gasteiger partial charge is 0.225 e. The Morgan fingerprint density at radius 3 is 2.83 bits per heavy atom. The van der Waals surface area contributed by atoms with Crippen LogP contribution >= 0.6 is 0 Å². The molecule has 4 heterocycles. The van der Waals surface area contributed by atoms with E-state index in [4.69, 9.17) is 18.9 Å². The van der Waals surface area contributed by atoms with Gasteiger partial charge in [0.15, 0.2) is 11.3 Å². The second-order valence-electron chi connectivity index (χ2n) is 10.0. The predicted molar refractivity (Wildman–Crippen MR) is 129 cm³/mol. The van der Waals surface area contributed by atoms with E-state index in [0.29, 0.717) is 50.3 Å². The summed E-state index contributed by atoms with van der Waals surface area (Å²) in [7, 11) is 0. The van der Waals surface area contributed by atoms with Crippen LogP contribution in [-0.2, 0) is 27.2 Å². The SMILES string of the molecule is Cc1c2n(c(OC[C@@H]3COCCO3)cc1=O)CCc1cc(OC3CCN(C(=O)C4CC4)C3)ccc1-2. The highest BCUT2D eigenvalue weighted by Gasteiger charge is 2.37. The fourth-order valence-corrected chi connectivity index (χ4v) is 5.35. The molecule has 1 amide bonds. The summed E-state index contributed by atoms with van der Waals surface area (Å²) < 4.78 is 25.6. The van der Waals surface area contributed by atoms with Gasteiger partial charge in [0.05, 0.1) is 32.1 Å². The Morgan fingerprint density at radius 2 is 2.03 bits per heavy atom. The second-order valence-corrected chi connectivity index (χ2v) is 10.0. The van der Waals surface area contributed by atoms with Crippen LogP contribution in [0.2, 0.25) is 0 Å². The fourth-order valence-electron chi connectivity index (χ4n) is 5.35. The number of fused-ring (bicyclic) bond motifs is 3. The molecule has 3 fully saturated rings. The van der Waals surface area contributed by atoms with Gasteiger partial charge < -0.3 is 28.4 Å². The van der Waals surface area contributed by atoms with E-state index in [1.165, 1.54) is 0 Å². The van der Waals surface area contributed by atoms with Gasteiger partial charge in [-0.15, -0.1) is 0 Å². The Labute approximate surface area is 204 Å².